The van der Waals surface area contributed by atoms with Gasteiger partial charge >= 0.3 is 0 Å². The quantitative estimate of drug-likeness (QED) is 0.842. The van der Waals surface area contributed by atoms with Gasteiger partial charge in [-0.15, -0.1) is 0 Å². The van der Waals surface area contributed by atoms with Crippen molar-refractivity contribution in [2.75, 3.05) is 6.54 Å². The molecule has 2 rings (SSSR count). The molecule has 88 valence electrons. The Labute approximate surface area is 105 Å². The molecule has 1 N–H and O–H groups in total. The second-order valence-electron chi connectivity index (χ2n) is 4.55. The van der Waals surface area contributed by atoms with Crippen LogP contribution in [-0.4, -0.2) is 22.4 Å². The van der Waals surface area contributed by atoms with Gasteiger partial charge in [0.25, 0.3) is 0 Å². The summed E-state index contributed by atoms with van der Waals surface area (Å²) in [5.74, 6) is 0. The zero-order valence-electron chi connectivity index (χ0n) is 9.89. The molecule has 3 nitrogen and oxygen atoms in total. The second kappa shape index (κ2) is 4.72. The van der Waals surface area contributed by atoms with E-state index in [1.165, 1.54) is 24.1 Å². The largest absolute Gasteiger partial charge is 0.310 e. The van der Waals surface area contributed by atoms with Gasteiger partial charge in [0.15, 0.2) is 0 Å². The topological polar surface area (TPSA) is 29.9 Å². The first-order valence-electron chi connectivity index (χ1n) is 5.67. The second-order valence-corrected chi connectivity index (χ2v) is 5.34. The molecule has 1 aliphatic rings. The van der Waals surface area contributed by atoms with Crippen LogP contribution in [0.2, 0.25) is 0 Å². The van der Waals surface area contributed by atoms with Crippen molar-refractivity contribution in [3.8, 4) is 0 Å². The number of nitrogens with one attached hydrogen (secondary N) is 1. The lowest BCUT2D eigenvalue weighted by Gasteiger charge is -2.08. The summed E-state index contributed by atoms with van der Waals surface area (Å²) in [6.45, 7) is 9.89. The first-order chi connectivity index (χ1) is 7.58. The maximum Gasteiger partial charge on any atom is 0.0738 e. The van der Waals surface area contributed by atoms with Crippen molar-refractivity contribution in [3.05, 3.63) is 28.0 Å². The lowest BCUT2D eigenvalue weighted by Crippen LogP contribution is -2.21. The van der Waals surface area contributed by atoms with Crippen LogP contribution in [0.3, 0.4) is 0 Å². The van der Waals surface area contributed by atoms with Gasteiger partial charge in [-0.1, -0.05) is 6.58 Å². The highest BCUT2D eigenvalue weighted by Crippen LogP contribution is 2.21. The van der Waals surface area contributed by atoms with E-state index in [1.807, 2.05) is 11.6 Å². The molecule has 1 aromatic heterocycles. The number of rotatable bonds is 5. The van der Waals surface area contributed by atoms with E-state index in [1.54, 1.807) is 0 Å². The average Bonchev–Trinajstić information content (AvgIpc) is 3.03. The Balaban J connectivity index is 1.91. The van der Waals surface area contributed by atoms with Gasteiger partial charge in [0.05, 0.1) is 22.4 Å². The predicted octanol–water partition coefficient (Wildman–Crippen LogP) is 2.57. The molecule has 16 heavy (non-hydrogen) atoms. The van der Waals surface area contributed by atoms with Crippen LogP contribution in [0, 0.1) is 13.8 Å². The fraction of sp³-hybridized carbons (Fsp3) is 0.583. The molecular formula is C12H18BrN3. The fourth-order valence-electron chi connectivity index (χ4n) is 1.67. The number of nitrogens with zero attached hydrogens (tertiary/aromatic N) is 2. The Bertz CT molecular complexity index is 405. The molecule has 0 bridgehead atoms. The lowest BCUT2D eigenvalue weighted by atomic mass is 10.3. The van der Waals surface area contributed by atoms with Crippen LogP contribution in [0.25, 0.3) is 0 Å². The van der Waals surface area contributed by atoms with E-state index in [0.29, 0.717) is 0 Å². The minimum absolute atomic E-state index is 0.740. The van der Waals surface area contributed by atoms with Crippen LogP contribution >= 0.6 is 15.9 Å². The van der Waals surface area contributed by atoms with Gasteiger partial charge in [-0.25, -0.2) is 0 Å². The molecule has 1 saturated carbocycles. The molecule has 0 amide bonds. The van der Waals surface area contributed by atoms with Gasteiger partial charge in [0.1, 0.15) is 0 Å². The van der Waals surface area contributed by atoms with E-state index in [0.717, 1.165) is 29.3 Å². The zero-order chi connectivity index (χ0) is 11.7. The third kappa shape index (κ3) is 2.74. The summed E-state index contributed by atoms with van der Waals surface area (Å²) in [4.78, 5) is 0. The van der Waals surface area contributed by atoms with Crippen molar-refractivity contribution in [1.82, 2.24) is 15.1 Å². The van der Waals surface area contributed by atoms with Gasteiger partial charge in [-0.05, 0) is 48.2 Å². The molecule has 1 heterocycles. The molecule has 0 atom stereocenters. The van der Waals surface area contributed by atoms with Crippen molar-refractivity contribution in [3.63, 3.8) is 0 Å². The van der Waals surface area contributed by atoms with Gasteiger partial charge in [0.2, 0.25) is 0 Å². The van der Waals surface area contributed by atoms with E-state index in [9.17, 15) is 0 Å². The summed E-state index contributed by atoms with van der Waals surface area (Å²) in [7, 11) is 0. The lowest BCUT2D eigenvalue weighted by molar-refractivity contribution is 0.618. The Morgan fingerprint density at radius 2 is 2.25 bits per heavy atom. The summed E-state index contributed by atoms with van der Waals surface area (Å²) in [6.07, 6.45) is 2.64. The van der Waals surface area contributed by atoms with Crippen LogP contribution < -0.4 is 5.32 Å². The van der Waals surface area contributed by atoms with E-state index in [4.69, 9.17) is 0 Å². The van der Waals surface area contributed by atoms with E-state index < -0.39 is 0 Å². The van der Waals surface area contributed by atoms with Crippen LogP contribution in [0.4, 0.5) is 0 Å². The summed E-state index contributed by atoms with van der Waals surface area (Å²) in [6, 6.07) is 0.740. The van der Waals surface area contributed by atoms with E-state index in [2.05, 4.69) is 39.8 Å². The van der Waals surface area contributed by atoms with Crippen LogP contribution in [0.15, 0.2) is 16.6 Å². The summed E-state index contributed by atoms with van der Waals surface area (Å²) < 4.78 is 3.12. The number of hydrogen-bond donors (Lipinski definition) is 1. The molecule has 0 unspecified atom stereocenters. The standard InChI is InChI=1S/C12H18BrN3/c1-8(6-14-11-4-5-11)7-16-10(3)12(13)9(2)15-16/h11,14H,1,4-7H2,2-3H3. The summed E-state index contributed by atoms with van der Waals surface area (Å²) in [5, 5.41) is 7.94. The maximum atomic E-state index is 4.47. The molecule has 0 spiro atoms. The Hall–Kier alpha value is -0.610. The number of aromatic nitrogens is 2. The summed E-state index contributed by atoms with van der Waals surface area (Å²) >= 11 is 3.53. The molecule has 0 saturated heterocycles. The average molecular weight is 284 g/mol. The Kier molecular flexibility index (Phi) is 3.50. The van der Waals surface area contributed by atoms with Gasteiger partial charge < -0.3 is 5.32 Å². The first kappa shape index (κ1) is 11.9. The third-order valence-electron chi connectivity index (χ3n) is 2.88. The number of halogens is 1. The molecule has 0 aliphatic heterocycles. The minimum atomic E-state index is 0.740. The Morgan fingerprint density at radius 3 is 2.75 bits per heavy atom. The van der Waals surface area contributed by atoms with Crippen molar-refractivity contribution >= 4 is 15.9 Å². The highest BCUT2D eigenvalue weighted by molar-refractivity contribution is 9.10. The molecule has 0 radical (unpaired) electrons. The molecule has 4 heteroatoms. The zero-order valence-corrected chi connectivity index (χ0v) is 11.5. The monoisotopic (exact) mass is 283 g/mol. The minimum Gasteiger partial charge on any atom is -0.310 e. The van der Waals surface area contributed by atoms with Gasteiger partial charge in [-0.3, -0.25) is 4.68 Å². The predicted molar refractivity (Wildman–Crippen MR) is 69.6 cm³/mol. The van der Waals surface area contributed by atoms with Crippen LogP contribution in [-0.2, 0) is 6.54 Å². The van der Waals surface area contributed by atoms with Crippen molar-refractivity contribution in [2.45, 2.75) is 39.3 Å². The normalized spacial score (nSPS) is 15.4. The fourth-order valence-corrected chi connectivity index (χ4v) is 1.96. The third-order valence-corrected chi connectivity index (χ3v) is 4.03. The van der Waals surface area contributed by atoms with E-state index in [-0.39, 0.29) is 0 Å². The maximum absolute atomic E-state index is 4.47. The molecule has 1 aromatic rings. The van der Waals surface area contributed by atoms with E-state index >= 15 is 0 Å². The van der Waals surface area contributed by atoms with Gasteiger partial charge in [-0.2, -0.15) is 5.10 Å². The molecular weight excluding hydrogens is 266 g/mol. The highest BCUT2D eigenvalue weighted by Gasteiger charge is 2.20. The van der Waals surface area contributed by atoms with Crippen molar-refractivity contribution in [2.24, 2.45) is 0 Å². The van der Waals surface area contributed by atoms with Crippen LogP contribution in [0.1, 0.15) is 24.2 Å². The molecule has 1 fully saturated rings. The number of hydrogen-bond acceptors (Lipinski definition) is 2. The van der Waals surface area contributed by atoms with Crippen LogP contribution in [0.5, 0.6) is 0 Å². The SMILES string of the molecule is C=C(CNC1CC1)Cn1nc(C)c(Br)c1C. The highest BCUT2D eigenvalue weighted by atomic mass is 79.9. The van der Waals surface area contributed by atoms with Gasteiger partial charge in [0, 0.05) is 12.6 Å². The first-order valence-corrected chi connectivity index (χ1v) is 6.46. The summed E-state index contributed by atoms with van der Waals surface area (Å²) in [5.41, 5.74) is 3.40. The smallest absolute Gasteiger partial charge is 0.0738 e. The van der Waals surface area contributed by atoms with Crippen molar-refractivity contribution < 1.29 is 0 Å². The Morgan fingerprint density at radius 1 is 1.56 bits per heavy atom. The molecule has 1 aliphatic carbocycles. The molecule has 0 aromatic carbocycles. The number of aryl methyl sites for hydroxylation is 1. The van der Waals surface area contributed by atoms with Crippen molar-refractivity contribution in [1.29, 1.82) is 0 Å².